The van der Waals surface area contributed by atoms with Crippen LogP contribution in [0.1, 0.15) is 37.8 Å². The zero-order valence-corrected chi connectivity index (χ0v) is 11.9. The lowest BCUT2D eigenvalue weighted by Crippen LogP contribution is -2.25. The molecular weight excluding hydrogens is 240 g/mol. The van der Waals surface area contributed by atoms with Gasteiger partial charge in [0, 0.05) is 0 Å². The summed E-state index contributed by atoms with van der Waals surface area (Å²) in [7, 11) is 0. The van der Waals surface area contributed by atoms with E-state index in [9.17, 15) is 5.11 Å². The summed E-state index contributed by atoms with van der Waals surface area (Å²) >= 11 is 0. The third-order valence-corrected chi connectivity index (χ3v) is 3.41. The minimum absolute atomic E-state index is 0.138. The van der Waals surface area contributed by atoms with Crippen molar-refractivity contribution in [2.24, 2.45) is 0 Å². The van der Waals surface area contributed by atoms with Crippen molar-refractivity contribution >= 4 is 0 Å². The Balaban J connectivity index is 1.89. The highest BCUT2D eigenvalue weighted by Gasteiger charge is 2.15. The van der Waals surface area contributed by atoms with Gasteiger partial charge in [0.25, 0.3) is 0 Å². The number of hydrogen-bond acceptors (Lipinski definition) is 3. The van der Waals surface area contributed by atoms with Crippen LogP contribution in [0.25, 0.3) is 0 Å². The number of rotatable bonds is 6. The highest BCUT2D eigenvalue weighted by Crippen LogP contribution is 2.29. The molecule has 0 aliphatic heterocycles. The third-order valence-electron chi connectivity index (χ3n) is 3.41. The molecule has 1 unspecified atom stereocenters. The quantitative estimate of drug-likeness (QED) is 0.858. The zero-order valence-electron chi connectivity index (χ0n) is 11.9. The van der Waals surface area contributed by atoms with E-state index in [0.717, 1.165) is 18.6 Å². The summed E-state index contributed by atoms with van der Waals surface area (Å²) in [6, 6.07) is 6.22. The smallest absolute Gasteiger partial charge is 0.122 e. The number of aliphatic hydroxyl groups excluding tert-OH is 1. The van der Waals surface area contributed by atoms with Gasteiger partial charge >= 0.3 is 0 Å². The van der Waals surface area contributed by atoms with Gasteiger partial charge in [0.2, 0.25) is 0 Å². The molecule has 0 bridgehead atoms. The molecule has 0 fully saturated rings. The van der Waals surface area contributed by atoms with E-state index >= 15 is 0 Å². The van der Waals surface area contributed by atoms with E-state index in [1.165, 1.54) is 24.0 Å². The Morgan fingerprint density at radius 1 is 1.16 bits per heavy atom. The lowest BCUT2D eigenvalue weighted by Gasteiger charge is -2.20. The van der Waals surface area contributed by atoms with Crippen LogP contribution in [-0.2, 0) is 17.6 Å². The lowest BCUT2D eigenvalue weighted by molar-refractivity contribution is -0.0124. The number of ether oxygens (including phenoxy) is 2. The van der Waals surface area contributed by atoms with Crippen LogP contribution in [0.4, 0.5) is 0 Å². The van der Waals surface area contributed by atoms with Gasteiger partial charge in [-0.2, -0.15) is 0 Å². The van der Waals surface area contributed by atoms with E-state index in [1.807, 2.05) is 26.0 Å². The second-order valence-electron chi connectivity index (χ2n) is 5.45. The van der Waals surface area contributed by atoms with Gasteiger partial charge in [0.15, 0.2) is 0 Å². The monoisotopic (exact) mass is 264 g/mol. The molecule has 0 saturated heterocycles. The van der Waals surface area contributed by atoms with Crippen molar-refractivity contribution in [3.63, 3.8) is 0 Å². The molecular formula is C16H24O3. The first-order valence-corrected chi connectivity index (χ1v) is 7.20. The Morgan fingerprint density at radius 3 is 2.74 bits per heavy atom. The summed E-state index contributed by atoms with van der Waals surface area (Å²) in [5, 5.41) is 9.81. The van der Waals surface area contributed by atoms with Crippen LogP contribution < -0.4 is 4.74 Å². The molecule has 3 nitrogen and oxygen atoms in total. The molecule has 0 aromatic heterocycles. The van der Waals surface area contributed by atoms with Crippen LogP contribution in [0, 0.1) is 0 Å². The molecule has 106 valence electrons. The van der Waals surface area contributed by atoms with Crippen molar-refractivity contribution < 1.29 is 14.6 Å². The largest absolute Gasteiger partial charge is 0.491 e. The first-order valence-electron chi connectivity index (χ1n) is 7.20. The normalized spacial score (nSPS) is 16.2. The Labute approximate surface area is 115 Å². The van der Waals surface area contributed by atoms with Crippen LogP contribution >= 0.6 is 0 Å². The summed E-state index contributed by atoms with van der Waals surface area (Å²) in [5.41, 5.74) is 2.72. The van der Waals surface area contributed by atoms with Crippen molar-refractivity contribution in [2.75, 3.05) is 13.2 Å². The van der Waals surface area contributed by atoms with Gasteiger partial charge in [-0.25, -0.2) is 0 Å². The highest BCUT2D eigenvalue weighted by atomic mass is 16.5. The zero-order chi connectivity index (χ0) is 13.7. The number of aliphatic hydroxyl groups is 1. The molecule has 0 heterocycles. The van der Waals surface area contributed by atoms with Gasteiger partial charge < -0.3 is 14.6 Å². The topological polar surface area (TPSA) is 38.7 Å². The molecule has 0 amide bonds. The molecule has 1 aromatic carbocycles. The minimum Gasteiger partial charge on any atom is -0.491 e. The van der Waals surface area contributed by atoms with Crippen LogP contribution in [0.2, 0.25) is 0 Å². The molecule has 0 saturated carbocycles. The maximum Gasteiger partial charge on any atom is 0.122 e. The fourth-order valence-electron chi connectivity index (χ4n) is 2.42. The van der Waals surface area contributed by atoms with Crippen LogP contribution in [0.5, 0.6) is 5.75 Å². The second kappa shape index (κ2) is 6.92. The van der Waals surface area contributed by atoms with Gasteiger partial charge in [-0.05, 0) is 56.7 Å². The van der Waals surface area contributed by atoms with E-state index < -0.39 is 6.10 Å². The number of fused-ring (bicyclic) bond motifs is 1. The van der Waals surface area contributed by atoms with Crippen molar-refractivity contribution in [2.45, 2.75) is 51.7 Å². The molecule has 1 N–H and O–H groups in total. The standard InChI is InChI=1S/C16H24O3/c1-12(2)18-10-14(17)11-19-16-9-5-7-13-6-3-4-8-15(13)16/h5,7,9,12,14,17H,3-4,6,8,10-11H2,1-2H3. The van der Waals surface area contributed by atoms with Crippen molar-refractivity contribution in [3.05, 3.63) is 29.3 Å². The molecule has 1 aliphatic rings. The highest BCUT2D eigenvalue weighted by molar-refractivity contribution is 5.41. The average molecular weight is 264 g/mol. The van der Waals surface area contributed by atoms with Gasteiger partial charge in [0.1, 0.15) is 18.5 Å². The van der Waals surface area contributed by atoms with Crippen LogP contribution in [0.15, 0.2) is 18.2 Å². The van der Waals surface area contributed by atoms with E-state index in [2.05, 4.69) is 6.07 Å². The summed E-state index contributed by atoms with van der Waals surface area (Å²) < 4.78 is 11.1. The summed E-state index contributed by atoms with van der Waals surface area (Å²) in [6.07, 6.45) is 4.30. The molecule has 0 radical (unpaired) electrons. The van der Waals surface area contributed by atoms with Crippen molar-refractivity contribution in [3.8, 4) is 5.75 Å². The predicted octanol–water partition coefficient (Wildman–Crippen LogP) is 2.73. The van der Waals surface area contributed by atoms with E-state index in [0.29, 0.717) is 13.2 Å². The van der Waals surface area contributed by atoms with E-state index in [1.54, 1.807) is 0 Å². The molecule has 0 spiro atoms. The van der Waals surface area contributed by atoms with Gasteiger partial charge in [-0.1, -0.05) is 12.1 Å². The Hall–Kier alpha value is -1.06. The van der Waals surface area contributed by atoms with Crippen LogP contribution in [0.3, 0.4) is 0 Å². The summed E-state index contributed by atoms with van der Waals surface area (Å²) in [5.74, 6) is 0.931. The molecule has 2 rings (SSSR count). The van der Waals surface area contributed by atoms with E-state index in [4.69, 9.17) is 9.47 Å². The van der Waals surface area contributed by atoms with Crippen molar-refractivity contribution in [1.82, 2.24) is 0 Å². The molecule has 1 aliphatic carbocycles. The van der Waals surface area contributed by atoms with Crippen LogP contribution in [-0.4, -0.2) is 30.5 Å². The number of benzene rings is 1. The Kier molecular flexibility index (Phi) is 5.23. The summed E-state index contributed by atoms with van der Waals surface area (Å²) in [4.78, 5) is 0. The number of aryl methyl sites for hydroxylation is 1. The fraction of sp³-hybridized carbons (Fsp3) is 0.625. The predicted molar refractivity (Wildman–Crippen MR) is 75.7 cm³/mol. The molecule has 19 heavy (non-hydrogen) atoms. The maximum atomic E-state index is 9.81. The fourth-order valence-corrected chi connectivity index (χ4v) is 2.42. The van der Waals surface area contributed by atoms with Gasteiger partial charge in [0.05, 0.1) is 12.7 Å². The molecule has 1 atom stereocenters. The van der Waals surface area contributed by atoms with Gasteiger partial charge in [-0.15, -0.1) is 0 Å². The lowest BCUT2D eigenvalue weighted by atomic mass is 9.91. The molecule has 1 aromatic rings. The first-order chi connectivity index (χ1) is 9.16. The Morgan fingerprint density at radius 2 is 1.95 bits per heavy atom. The Bertz CT molecular complexity index is 401. The SMILES string of the molecule is CC(C)OCC(O)COc1cccc2c1CCCC2. The second-order valence-corrected chi connectivity index (χ2v) is 5.45. The van der Waals surface area contributed by atoms with Crippen molar-refractivity contribution in [1.29, 1.82) is 0 Å². The maximum absolute atomic E-state index is 9.81. The average Bonchev–Trinajstić information content (AvgIpc) is 2.42. The number of hydrogen-bond donors (Lipinski definition) is 1. The minimum atomic E-state index is -0.568. The third kappa shape index (κ3) is 4.22. The molecule has 3 heteroatoms. The van der Waals surface area contributed by atoms with E-state index in [-0.39, 0.29) is 6.10 Å². The first kappa shape index (κ1) is 14.4. The summed E-state index contributed by atoms with van der Waals surface area (Å²) in [6.45, 7) is 4.54. The van der Waals surface area contributed by atoms with Gasteiger partial charge in [-0.3, -0.25) is 0 Å².